The standard InChI is InChI=1S/C25H33N3O2S/c1-15(2)13-21(25(30)27-18-9-6-7-16(18)3)28-24(29)17-11-12-23-20(14-17)26-19-8-4-5-10-22(19)31-23/h4-5,8,10-12,14-16,18,20-21,23,26H,6-7,9,13H2,1-3H3,(H,27,30)(H,28,29)/t16-,18+,20?,21+,23?/m1/s1. The van der Waals surface area contributed by atoms with Crippen molar-refractivity contribution in [3.63, 3.8) is 0 Å². The summed E-state index contributed by atoms with van der Waals surface area (Å²) in [6, 6.07) is 8.01. The molecule has 5 atom stereocenters. The maximum atomic E-state index is 13.1. The highest BCUT2D eigenvalue weighted by Gasteiger charge is 2.32. The van der Waals surface area contributed by atoms with E-state index in [1.54, 1.807) is 0 Å². The van der Waals surface area contributed by atoms with Crippen molar-refractivity contribution in [2.45, 2.75) is 74.7 Å². The molecule has 2 amide bonds. The summed E-state index contributed by atoms with van der Waals surface area (Å²) in [5.74, 6) is 0.572. The monoisotopic (exact) mass is 439 g/mol. The van der Waals surface area contributed by atoms with E-state index in [4.69, 9.17) is 0 Å². The number of carbonyl (C=O) groups excluding carboxylic acids is 2. The molecular weight excluding hydrogens is 406 g/mol. The van der Waals surface area contributed by atoms with Crippen LogP contribution >= 0.6 is 11.8 Å². The molecule has 0 bridgehead atoms. The van der Waals surface area contributed by atoms with Crippen LogP contribution in [0.1, 0.15) is 46.5 Å². The predicted molar refractivity (Wildman–Crippen MR) is 127 cm³/mol. The first-order valence-corrected chi connectivity index (χ1v) is 12.3. The highest BCUT2D eigenvalue weighted by Crippen LogP contribution is 2.40. The smallest absolute Gasteiger partial charge is 0.251 e. The molecule has 1 aromatic rings. The highest BCUT2D eigenvalue weighted by atomic mass is 32.2. The molecular formula is C25H33N3O2S. The van der Waals surface area contributed by atoms with Gasteiger partial charge in [-0.2, -0.15) is 0 Å². The van der Waals surface area contributed by atoms with Crippen LogP contribution in [-0.4, -0.2) is 35.2 Å². The van der Waals surface area contributed by atoms with Crippen molar-refractivity contribution in [2.24, 2.45) is 11.8 Å². The summed E-state index contributed by atoms with van der Waals surface area (Å²) < 4.78 is 0. The molecule has 0 saturated heterocycles. The third-order valence-electron chi connectivity index (χ3n) is 6.43. The molecule has 1 aliphatic heterocycles. The van der Waals surface area contributed by atoms with Crippen LogP contribution in [0.25, 0.3) is 0 Å². The minimum atomic E-state index is -0.512. The minimum absolute atomic E-state index is 0.0562. The van der Waals surface area contributed by atoms with Crippen LogP contribution in [0, 0.1) is 11.8 Å². The molecule has 0 spiro atoms. The molecule has 31 heavy (non-hydrogen) atoms. The SMILES string of the molecule is CC(C)C[C@H](NC(=O)C1=CC2Nc3ccccc3SC2C=C1)C(=O)N[C@H]1CCC[C@H]1C. The Bertz CT molecular complexity index is 895. The fourth-order valence-corrected chi connectivity index (χ4v) is 5.81. The summed E-state index contributed by atoms with van der Waals surface area (Å²) in [5.41, 5.74) is 1.72. The maximum Gasteiger partial charge on any atom is 0.251 e. The second kappa shape index (κ2) is 9.51. The summed E-state index contributed by atoms with van der Waals surface area (Å²) in [7, 11) is 0. The lowest BCUT2D eigenvalue weighted by atomic mass is 9.98. The van der Waals surface area contributed by atoms with E-state index in [0.717, 1.165) is 24.9 Å². The molecule has 1 fully saturated rings. The Kier molecular flexibility index (Phi) is 6.75. The number of rotatable bonds is 6. The van der Waals surface area contributed by atoms with Gasteiger partial charge < -0.3 is 16.0 Å². The molecule has 3 aliphatic rings. The molecule has 2 aliphatic carbocycles. The lowest BCUT2D eigenvalue weighted by molar-refractivity contribution is -0.128. The molecule has 1 heterocycles. The zero-order valence-corrected chi connectivity index (χ0v) is 19.4. The molecule has 0 aromatic heterocycles. The first-order chi connectivity index (χ1) is 14.9. The summed E-state index contributed by atoms with van der Waals surface area (Å²) in [5, 5.41) is 10.0. The van der Waals surface area contributed by atoms with Crippen LogP contribution in [0.3, 0.4) is 0 Å². The quantitative estimate of drug-likeness (QED) is 0.619. The maximum absolute atomic E-state index is 13.1. The molecule has 0 radical (unpaired) electrons. The molecule has 166 valence electrons. The van der Waals surface area contributed by atoms with Gasteiger partial charge in [-0.05, 0) is 49.3 Å². The van der Waals surface area contributed by atoms with Crippen LogP contribution in [0.4, 0.5) is 5.69 Å². The Morgan fingerprint density at radius 2 is 2.03 bits per heavy atom. The van der Waals surface area contributed by atoms with E-state index >= 15 is 0 Å². The van der Waals surface area contributed by atoms with Gasteiger partial charge in [-0.3, -0.25) is 9.59 Å². The Morgan fingerprint density at radius 3 is 2.77 bits per heavy atom. The van der Waals surface area contributed by atoms with Crippen molar-refractivity contribution in [3.05, 3.63) is 48.1 Å². The summed E-state index contributed by atoms with van der Waals surface area (Å²) in [4.78, 5) is 27.3. The van der Waals surface area contributed by atoms with E-state index in [2.05, 4.69) is 54.9 Å². The predicted octanol–water partition coefficient (Wildman–Crippen LogP) is 4.27. The Labute approximate surface area is 189 Å². The van der Waals surface area contributed by atoms with Crippen molar-refractivity contribution < 1.29 is 9.59 Å². The van der Waals surface area contributed by atoms with Gasteiger partial charge in [0.15, 0.2) is 0 Å². The number of nitrogens with one attached hydrogen (secondary N) is 3. The topological polar surface area (TPSA) is 70.2 Å². The Morgan fingerprint density at radius 1 is 1.23 bits per heavy atom. The zero-order valence-electron chi connectivity index (χ0n) is 18.6. The van der Waals surface area contributed by atoms with Crippen LogP contribution in [-0.2, 0) is 9.59 Å². The first-order valence-electron chi connectivity index (χ1n) is 11.4. The summed E-state index contributed by atoms with van der Waals surface area (Å²) >= 11 is 1.81. The fourth-order valence-electron chi connectivity index (χ4n) is 4.65. The number of para-hydroxylation sites is 1. The number of anilines is 1. The van der Waals surface area contributed by atoms with Gasteiger partial charge in [0, 0.05) is 22.2 Å². The summed E-state index contributed by atoms with van der Waals surface area (Å²) in [6.07, 6.45) is 9.93. The van der Waals surface area contributed by atoms with Crippen molar-refractivity contribution in [3.8, 4) is 0 Å². The Hall–Kier alpha value is -2.21. The molecule has 4 rings (SSSR count). The fraction of sp³-hybridized carbons (Fsp3) is 0.520. The number of thioether (sulfide) groups is 1. The van der Waals surface area contributed by atoms with Crippen molar-refractivity contribution in [1.82, 2.24) is 10.6 Å². The van der Waals surface area contributed by atoms with Gasteiger partial charge in [-0.25, -0.2) is 0 Å². The number of amides is 2. The van der Waals surface area contributed by atoms with Gasteiger partial charge in [0.2, 0.25) is 5.91 Å². The number of hydrogen-bond acceptors (Lipinski definition) is 4. The van der Waals surface area contributed by atoms with Crippen LogP contribution < -0.4 is 16.0 Å². The largest absolute Gasteiger partial charge is 0.376 e. The lowest BCUT2D eigenvalue weighted by Crippen LogP contribution is -2.51. The second-order valence-corrected chi connectivity index (χ2v) is 10.6. The van der Waals surface area contributed by atoms with E-state index in [1.165, 1.54) is 4.90 Å². The molecule has 1 aromatic carbocycles. The molecule has 2 unspecified atom stereocenters. The number of benzene rings is 1. The van der Waals surface area contributed by atoms with E-state index in [1.807, 2.05) is 36.0 Å². The number of hydrogen-bond donors (Lipinski definition) is 3. The number of fused-ring (bicyclic) bond motifs is 2. The molecule has 5 nitrogen and oxygen atoms in total. The third kappa shape index (κ3) is 5.17. The average molecular weight is 440 g/mol. The average Bonchev–Trinajstić information content (AvgIpc) is 3.15. The van der Waals surface area contributed by atoms with E-state index in [9.17, 15) is 9.59 Å². The molecule has 3 N–H and O–H groups in total. The van der Waals surface area contributed by atoms with Gasteiger partial charge in [0.05, 0.1) is 11.3 Å². The highest BCUT2D eigenvalue weighted by molar-refractivity contribution is 8.00. The van der Waals surface area contributed by atoms with E-state index in [0.29, 0.717) is 23.8 Å². The lowest BCUT2D eigenvalue weighted by Gasteiger charge is -2.33. The van der Waals surface area contributed by atoms with Crippen molar-refractivity contribution in [2.75, 3.05) is 5.32 Å². The summed E-state index contributed by atoms with van der Waals surface area (Å²) in [6.45, 7) is 6.35. The number of carbonyl (C=O) groups is 2. The minimum Gasteiger partial charge on any atom is -0.376 e. The second-order valence-electron chi connectivity index (χ2n) is 9.41. The molecule has 1 saturated carbocycles. The van der Waals surface area contributed by atoms with Gasteiger partial charge in [0.1, 0.15) is 6.04 Å². The van der Waals surface area contributed by atoms with Crippen LogP contribution in [0.15, 0.2) is 53.0 Å². The third-order valence-corrected chi connectivity index (χ3v) is 7.76. The Balaban J connectivity index is 1.43. The zero-order chi connectivity index (χ0) is 22.0. The van der Waals surface area contributed by atoms with E-state index in [-0.39, 0.29) is 29.1 Å². The van der Waals surface area contributed by atoms with E-state index < -0.39 is 6.04 Å². The van der Waals surface area contributed by atoms with Crippen LogP contribution in [0.2, 0.25) is 0 Å². The van der Waals surface area contributed by atoms with Crippen molar-refractivity contribution in [1.29, 1.82) is 0 Å². The molecule has 6 heteroatoms. The first kappa shape index (κ1) is 22.0. The van der Waals surface area contributed by atoms with Gasteiger partial charge in [0.25, 0.3) is 5.91 Å². The van der Waals surface area contributed by atoms with Gasteiger partial charge in [-0.1, -0.05) is 51.5 Å². The normalized spacial score (nSPS) is 27.5. The van der Waals surface area contributed by atoms with Gasteiger partial charge >= 0.3 is 0 Å². The van der Waals surface area contributed by atoms with Gasteiger partial charge in [-0.15, -0.1) is 11.8 Å². The van der Waals surface area contributed by atoms with Crippen molar-refractivity contribution >= 4 is 29.3 Å². The van der Waals surface area contributed by atoms with Crippen LogP contribution in [0.5, 0.6) is 0 Å².